The van der Waals surface area contributed by atoms with Crippen molar-refractivity contribution in [3.05, 3.63) is 29.3 Å². The van der Waals surface area contributed by atoms with Crippen molar-refractivity contribution in [3.8, 4) is 11.6 Å². The number of hydrogen-bond donors (Lipinski definition) is 1. The monoisotopic (exact) mass is 333 g/mol. The maximum Gasteiger partial charge on any atom is 0.238 e. The van der Waals surface area contributed by atoms with Crippen LogP contribution in [0.5, 0.6) is 0 Å². The number of amides is 1. The minimum atomic E-state index is -0.172. The molecule has 23 heavy (non-hydrogen) atoms. The molecule has 3 aromatic heterocycles. The highest BCUT2D eigenvalue weighted by molar-refractivity contribution is 7.15. The van der Waals surface area contributed by atoms with Crippen molar-refractivity contribution in [2.75, 3.05) is 5.32 Å². The Morgan fingerprint density at radius 1 is 1.39 bits per heavy atom. The van der Waals surface area contributed by atoms with Crippen LogP contribution in [-0.2, 0) is 11.2 Å². The number of rotatable bonds is 6. The fourth-order valence-electron chi connectivity index (χ4n) is 1.78. The van der Waals surface area contributed by atoms with Gasteiger partial charge in [0.15, 0.2) is 5.76 Å². The molecule has 8 nitrogen and oxygen atoms in total. The van der Waals surface area contributed by atoms with Crippen LogP contribution >= 0.6 is 11.3 Å². The normalized spacial score (nSPS) is 11.1. The van der Waals surface area contributed by atoms with E-state index in [1.54, 1.807) is 12.1 Å². The molecule has 0 bridgehead atoms. The number of nitrogens with one attached hydrogen (secondary N) is 1. The Kier molecular flexibility index (Phi) is 4.47. The van der Waals surface area contributed by atoms with Crippen molar-refractivity contribution in [1.29, 1.82) is 0 Å². The summed E-state index contributed by atoms with van der Waals surface area (Å²) < 4.78 is 10.3. The fourth-order valence-corrected chi connectivity index (χ4v) is 2.54. The first-order valence-electron chi connectivity index (χ1n) is 7.11. The van der Waals surface area contributed by atoms with Crippen molar-refractivity contribution in [3.63, 3.8) is 0 Å². The number of furan rings is 1. The third-order valence-electron chi connectivity index (χ3n) is 2.96. The summed E-state index contributed by atoms with van der Waals surface area (Å²) in [6.07, 6.45) is 2.10. The molecule has 3 heterocycles. The van der Waals surface area contributed by atoms with Gasteiger partial charge in [-0.1, -0.05) is 30.3 Å². The summed E-state index contributed by atoms with van der Waals surface area (Å²) in [5.41, 5.74) is 0. The van der Waals surface area contributed by atoms with E-state index in [-0.39, 0.29) is 18.2 Å². The van der Waals surface area contributed by atoms with E-state index in [1.165, 1.54) is 17.6 Å². The van der Waals surface area contributed by atoms with E-state index in [1.807, 2.05) is 13.8 Å². The molecule has 0 saturated heterocycles. The first-order chi connectivity index (χ1) is 11.1. The van der Waals surface area contributed by atoms with Crippen LogP contribution in [0.4, 0.5) is 5.13 Å². The molecule has 0 radical (unpaired) electrons. The molecule has 0 aromatic carbocycles. The summed E-state index contributed by atoms with van der Waals surface area (Å²) in [5, 5.41) is 15.9. The number of aryl methyl sites for hydroxylation is 1. The van der Waals surface area contributed by atoms with Crippen LogP contribution in [-0.4, -0.2) is 26.2 Å². The number of anilines is 1. The van der Waals surface area contributed by atoms with Gasteiger partial charge in [-0.05, 0) is 12.1 Å². The Morgan fingerprint density at radius 3 is 2.96 bits per heavy atom. The molecule has 0 aliphatic rings. The molecule has 0 fully saturated rings. The van der Waals surface area contributed by atoms with Crippen LogP contribution < -0.4 is 5.32 Å². The lowest BCUT2D eigenvalue weighted by Crippen LogP contribution is -2.12. The van der Waals surface area contributed by atoms with E-state index in [0.717, 1.165) is 5.01 Å². The molecular formula is C14H15N5O3S. The van der Waals surface area contributed by atoms with Gasteiger partial charge in [0.1, 0.15) is 5.01 Å². The molecule has 1 N–H and O–H groups in total. The predicted octanol–water partition coefficient (Wildman–Crippen LogP) is 2.88. The van der Waals surface area contributed by atoms with Crippen molar-refractivity contribution in [2.24, 2.45) is 0 Å². The number of nitrogens with zero attached hydrogens (tertiary/aromatic N) is 4. The maximum atomic E-state index is 11.9. The Labute approximate surface area is 135 Å². The summed E-state index contributed by atoms with van der Waals surface area (Å²) in [5.74, 6) is 1.40. The van der Waals surface area contributed by atoms with Gasteiger partial charge in [-0.2, -0.15) is 4.98 Å². The first-order valence-corrected chi connectivity index (χ1v) is 7.93. The van der Waals surface area contributed by atoms with E-state index in [4.69, 9.17) is 8.94 Å². The van der Waals surface area contributed by atoms with Gasteiger partial charge in [0.25, 0.3) is 0 Å². The van der Waals surface area contributed by atoms with Gasteiger partial charge in [-0.25, -0.2) is 0 Å². The standard InChI is InChI=1S/C14H15N5O3S/c1-8(2)13-17-18-14(23-13)15-10(20)5-6-11-16-12(19-22-11)9-4-3-7-21-9/h3-4,7-8H,5-6H2,1-2H3,(H,15,18,20). The third-order valence-corrected chi connectivity index (χ3v) is 4.10. The number of carbonyl (C=O) groups excluding carboxylic acids is 1. The summed E-state index contributed by atoms with van der Waals surface area (Å²) in [4.78, 5) is 16.1. The van der Waals surface area contributed by atoms with E-state index in [9.17, 15) is 4.79 Å². The fraction of sp³-hybridized carbons (Fsp3) is 0.357. The van der Waals surface area contributed by atoms with Crippen LogP contribution in [0.25, 0.3) is 11.6 Å². The average Bonchev–Trinajstić information content (AvgIpc) is 3.25. The quantitative estimate of drug-likeness (QED) is 0.739. The number of aromatic nitrogens is 4. The van der Waals surface area contributed by atoms with Gasteiger partial charge < -0.3 is 14.3 Å². The van der Waals surface area contributed by atoms with Gasteiger partial charge in [0.05, 0.1) is 6.26 Å². The molecule has 1 amide bonds. The van der Waals surface area contributed by atoms with Gasteiger partial charge in [-0.15, -0.1) is 10.2 Å². The zero-order valence-electron chi connectivity index (χ0n) is 12.6. The van der Waals surface area contributed by atoms with E-state index in [2.05, 4.69) is 25.7 Å². The Bertz CT molecular complexity index is 778. The largest absolute Gasteiger partial charge is 0.461 e. The second-order valence-electron chi connectivity index (χ2n) is 5.14. The van der Waals surface area contributed by atoms with Crippen molar-refractivity contribution in [1.82, 2.24) is 20.3 Å². The van der Waals surface area contributed by atoms with E-state index in [0.29, 0.717) is 29.0 Å². The van der Waals surface area contributed by atoms with Crippen molar-refractivity contribution in [2.45, 2.75) is 32.6 Å². The molecule has 3 aromatic rings. The van der Waals surface area contributed by atoms with Crippen molar-refractivity contribution >= 4 is 22.4 Å². The minimum Gasteiger partial charge on any atom is -0.461 e. The predicted molar refractivity (Wildman–Crippen MR) is 82.9 cm³/mol. The SMILES string of the molecule is CC(C)c1nnc(NC(=O)CCc2nc(-c3ccco3)no2)s1. The zero-order valence-corrected chi connectivity index (χ0v) is 13.5. The van der Waals surface area contributed by atoms with Crippen LogP contribution in [0.2, 0.25) is 0 Å². The van der Waals surface area contributed by atoms with Crippen LogP contribution in [0, 0.1) is 0 Å². The van der Waals surface area contributed by atoms with Gasteiger partial charge in [0.2, 0.25) is 22.8 Å². The Hall–Kier alpha value is -2.55. The lowest BCUT2D eigenvalue weighted by Gasteiger charge is -1.98. The number of hydrogen-bond acceptors (Lipinski definition) is 8. The van der Waals surface area contributed by atoms with Crippen LogP contribution in [0.1, 0.15) is 37.1 Å². The molecule has 0 spiro atoms. The smallest absolute Gasteiger partial charge is 0.238 e. The highest BCUT2D eigenvalue weighted by Crippen LogP contribution is 2.22. The number of carbonyl (C=O) groups is 1. The summed E-state index contributed by atoms with van der Waals surface area (Å²) >= 11 is 1.38. The van der Waals surface area contributed by atoms with Crippen molar-refractivity contribution < 1.29 is 13.7 Å². The van der Waals surface area contributed by atoms with Gasteiger partial charge >= 0.3 is 0 Å². The lowest BCUT2D eigenvalue weighted by atomic mass is 10.2. The van der Waals surface area contributed by atoms with Crippen LogP contribution in [0.3, 0.4) is 0 Å². The highest BCUT2D eigenvalue weighted by atomic mass is 32.1. The van der Waals surface area contributed by atoms with Gasteiger partial charge in [0, 0.05) is 18.8 Å². The summed E-state index contributed by atoms with van der Waals surface area (Å²) in [6, 6.07) is 3.48. The molecule has 0 saturated carbocycles. The second kappa shape index (κ2) is 6.69. The molecule has 120 valence electrons. The third kappa shape index (κ3) is 3.81. The Balaban J connectivity index is 1.52. The second-order valence-corrected chi connectivity index (χ2v) is 6.15. The maximum absolute atomic E-state index is 11.9. The average molecular weight is 333 g/mol. The van der Waals surface area contributed by atoms with E-state index < -0.39 is 0 Å². The summed E-state index contributed by atoms with van der Waals surface area (Å²) in [7, 11) is 0. The molecule has 3 rings (SSSR count). The summed E-state index contributed by atoms with van der Waals surface area (Å²) in [6.45, 7) is 4.05. The first kappa shape index (κ1) is 15.3. The lowest BCUT2D eigenvalue weighted by molar-refractivity contribution is -0.116. The molecule has 0 aliphatic heterocycles. The van der Waals surface area contributed by atoms with Crippen LogP contribution in [0.15, 0.2) is 27.3 Å². The Morgan fingerprint density at radius 2 is 2.26 bits per heavy atom. The molecule has 0 unspecified atom stereocenters. The molecular weight excluding hydrogens is 318 g/mol. The molecule has 9 heteroatoms. The minimum absolute atomic E-state index is 0.172. The molecule has 0 aliphatic carbocycles. The molecule has 0 atom stereocenters. The van der Waals surface area contributed by atoms with E-state index >= 15 is 0 Å². The highest BCUT2D eigenvalue weighted by Gasteiger charge is 2.14. The topological polar surface area (TPSA) is 107 Å². The zero-order chi connectivity index (χ0) is 16.2. The van der Waals surface area contributed by atoms with Gasteiger partial charge in [-0.3, -0.25) is 4.79 Å².